The number of aliphatic hydroxyl groups is 1. The molecule has 0 radical (unpaired) electrons. The summed E-state index contributed by atoms with van der Waals surface area (Å²) < 4.78 is 23.6. The molecule has 0 saturated carbocycles. The zero-order chi connectivity index (χ0) is 27.5. The van der Waals surface area contributed by atoms with Crippen LogP contribution in [0.2, 0.25) is 5.02 Å². The first-order chi connectivity index (χ1) is 18.3. The Hall–Kier alpha value is -2.51. The van der Waals surface area contributed by atoms with E-state index in [-0.39, 0.29) is 35.2 Å². The highest BCUT2D eigenvalue weighted by molar-refractivity contribution is 7.11. The van der Waals surface area contributed by atoms with Gasteiger partial charge in [-0.1, -0.05) is 24.4 Å². The number of ether oxygens (including phenoxy) is 1. The van der Waals surface area contributed by atoms with Crippen LogP contribution < -0.4 is 15.4 Å². The molecule has 2 heterocycles. The van der Waals surface area contributed by atoms with Crippen LogP contribution in [-0.2, 0) is 6.61 Å². The molecule has 38 heavy (non-hydrogen) atoms. The summed E-state index contributed by atoms with van der Waals surface area (Å²) in [6.45, 7) is 7.93. The van der Waals surface area contributed by atoms with Gasteiger partial charge in [-0.3, -0.25) is 10.2 Å². The van der Waals surface area contributed by atoms with Crippen molar-refractivity contribution in [3.8, 4) is 5.88 Å². The van der Waals surface area contributed by atoms with Gasteiger partial charge in [-0.2, -0.15) is 4.37 Å². The summed E-state index contributed by atoms with van der Waals surface area (Å²) in [6, 6.07) is 2.17. The Labute approximate surface area is 230 Å². The number of amides is 2. The van der Waals surface area contributed by atoms with Gasteiger partial charge in [0.05, 0.1) is 6.61 Å². The lowest BCUT2D eigenvalue weighted by Crippen LogP contribution is -2.47. The topological polar surface area (TPSA) is 127 Å². The van der Waals surface area contributed by atoms with Crippen LogP contribution in [0, 0.1) is 12.7 Å². The Bertz CT molecular complexity index is 1080. The summed E-state index contributed by atoms with van der Waals surface area (Å²) in [7, 11) is 0. The van der Waals surface area contributed by atoms with E-state index in [2.05, 4.69) is 24.8 Å². The molecule has 0 unspecified atom stereocenters. The van der Waals surface area contributed by atoms with Crippen LogP contribution in [0.1, 0.15) is 47.2 Å². The molecule has 2 aromatic rings. The fraction of sp³-hybridized carbons (Fsp3) is 0.560. The third-order valence-corrected chi connectivity index (χ3v) is 7.51. The molecule has 1 aliphatic heterocycles. The van der Waals surface area contributed by atoms with E-state index in [1.54, 1.807) is 6.92 Å². The van der Waals surface area contributed by atoms with Gasteiger partial charge in [0.2, 0.25) is 5.88 Å². The van der Waals surface area contributed by atoms with Crippen LogP contribution in [-0.4, -0.2) is 88.8 Å². The van der Waals surface area contributed by atoms with Gasteiger partial charge in [-0.15, -0.1) is 0 Å². The Morgan fingerprint density at radius 2 is 1.82 bits per heavy atom. The number of halogens is 2. The molecular weight excluding hydrogens is 537 g/mol. The SMILES string of the molecule is Cc1cc(F)c(COc2nsc(NC(=O)NCCCCCCN3CCN(CCO)CC3)c2C(=O)O)cc1Cl. The standard InChI is InChI=1S/C25H35ClFN5O5S/c1-17-14-20(27)18(15-19(17)26)16-37-22-21(24(34)35)23(38-30-22)29-25(36)28-6-4-2-3-5-7-31-8-10-32(11-9-31)12-13-33/h14-15,33H,2-13,16H2,1H3,(H,34,35)(H2,28,29,36). The Kier molecular flexibility index (Phi) is 12.0. The van der Waals surface area contributed by atoms with Crippen molar-refractivity contribution >= 4 is 40.1 Å². The number of nitrogens with zero attached hydrogens (tertiary/aromatic N) is 3. The van der Waals surface area contributed by atoms with E-state index in [0.717, 1.165) is 76.5 Å². The molecule has 0 atom stereocenters. The highest BCUT2D eigenvalue weighted by atomic mass is 35.5. The number of hydrogen-bond donors (Lipinski definition) is 4. The third-order valence-electron chi connectivity index (χ3n) is 6.36. The molecule has 1 saturated heterocycles. The highest BCUT2D eigenvalue weighted by Gasteiger charge is 2.24. The molecule has 4 N–H and O–H groups in total. The van der Waals surface area contributed by atoms with Crippen LogP contribution in [0.25, 0.3) is 0 Å². The van der Waals surface area contributed by atoms with Crippen molar-refractivity contribution in [2.24, 2.45) is 0 Å². The second kappa shape index (κ2) is 15.2. The van der Waals surface area contributed by atoms with Crippen LogP contribution >= 0.6 is 23.1 Å². The van der Waals surface area contributed by atoms with Gasteiger partial charge in [0, 0.05) is 49.9 Å². The van der Waals surface area contributed by atoms with Crippen LogP contribution in [0.15, 0.2) is 12.1 Å². The average molecular weight is 572 g/mol. The molecule has 13 heteroatoms. The lowest BCUT2D eigenvalue weighted by Gasteiger charge is -2.34. The number of aliphatic hydroxyl groups excluding tert-OH is 1. The Balaban J connectivity index is 1.36. The first-order valence-electron chi connectivity index (χ1n) is 12.7. The molecule has 2 amide bonds. The quantitative estimate of drug-likeness (QED) is 0.252. The number of carbonyl (C=O) groups is 2. The number of β-amino-alcohol motifs (C(OH)–C–C–N with tert-alkyl or cyclic N) is 1. The number of carboxylic acids is 1. The van der Waals surface area contributed by atoms with Crippen LogP contribution in [0.4, 0.5) is 14.2 Å². The number of carboxylic acid groups (broad SMARTS) is 1. The largest absolute Gasteiger partial charge is 0.477 e. The van der Waals surface area contributed by atoms with Gasteiger partial charge in [0.25, 0.3) is 0 Å². The van der Waals surface area contributed by atoms with E-state index >= 15 is 0 Å². The smallest absolute Gasteiger partial charge is 0.344 e. The molecule has 0 spiro atoms. The fourth-order valence-corrected chi connectivity index (χ4v) is 5.04. The molecule has 1 aromatic heterocycles. The lowest BCUT2D eigenvalue weighted by molar-refractivity contribution is 0.0693. The molecule has 0 aliphatic carbocycles. The lowest BCUT2D eigenvalue weighted by atomic mass is 10.1. The Morgan fingerprint density at radius 3 is 2.50 bits per heavy atom. The first kappa shape index (κ1) is 30.0. The summed E-state index contributed by atoms with van der Waals surface area (Å²) in [5.74, 6) is -2.04. The summed E-state index contributed by atoms with van der Waals surface area (Å²) in [5.41, 5.74) is 0.452. The zero-order valence-corrected chi connectivity index (χ0v) is 23.0. The van der Waals surface area contributed by atoms with Crippen molar-refractivity contribution in [2.75, 3.05) is 57.7 Å². The average Bonchev–Trinajstić information content (AvgIpc) is 3.28. The van der Waals surface area contributed by atoms with Gasteiger partial charge >= 0.3 is 12.0 Å². The Morgan fingerprint density at radius 1 is 1.13 bits per heavy atom. The monoisotopic (exact) mass is 571 g/mol. The van der Waals surface area contributed by atoms with E-state index in [0.29, 0.717) is 17.1 Å². The maximum Gasteiger partial charge on any atom is 0.344 e. The number of anilines is 1. The fourth-order valence-electron chi connectivity index (χ4n) is 4.13. The van der Waals surface area contributed by atoms with Crippen molar-refractivity contribution in [3.63, 3.8) is 0 Å². The number of aryl methyl sites for hydroxylation is 1. The van der Waals surface area contributed by atoms with Crippen molar-refractivity contribution < 1.29 is 28.9 Å². The van der Waals surface area contributed by atoms with Crippen molar-refractivity contribution in [1.29, 1.82) is 0 Å². The van der Waals surface area contributed by atoms with E-state index < -0.39 is 17.8 Å². The predicted octanol–water partition coefficient (Wildman–Crippen LogP) is 3.81. The second-order valence-corrected chi connectivity index (χ2v) is 10.4. The predicted molar refractivity (Wildman–Crippen MR) is 145 cm³/mol. The number of unbranched alkanes of at least 4 members (excludes halogenated alkanes) is 3. The number of rotatable bonds is 14. The van der Waals surface area contributed by atoms with E-state index in [9.17, 15) is 19.1 Å². The maximum absolute atomic E-state index is 14.2. The number of nitrogens with one attached hydrogen (secondary N) is 2. The second-order valence-electron chi connectivity index (χ2n) is 9.18. The number of aromatic nitrogens is 1. The minimum Gasteiger partial charge on any atom is -0.477 e. The molecule has 0 bridgehead atoms. The van der Waals surface area contributed by atoms with Crippen molar-refractivity contribution in [2.45, 2.75) is 39.2 Å². The normalized spacial score (nSPS) is 14.4. The molecular formula is C25H35ClFN5O5S. The van der Waals surface area contributed by atoms with E-state index in [1.807, 2.05) is 0 Å². The summed E-state index contributed by atoms with van der Waals surface area (Å²) in [5, 5.41) is 24.3. The van der Waals surface area contributed by atoms with Gasteiger partial charge in [0.15, 0.2) is 5.56 Å². The van der Waals surface area contributed by atoms with Crippen molar-refractivity contribution in [1.82, 2.24) is 19.5 Å². The summed E-state index contributed by atoms with van der Waals surface area (Å²) in [6.07, 6.45) is 3.94. The van der Waals surface area contributed by atoms with Gasteiger partial charge in [0.1, 0.15) is 17.4 Å². The summed E-state index contributed by atoms with van der Waals surface area (Å²) >= 11 is 6.82. The van der Waals surface area contributed by atoms with Gasteiger partial charge in [-0.05, 0) is 55.5 Å². The van der Waals surface area contributed by atoms with Gasteiger partial charge in [-0.25, -0.2) is 14.0 Å². The minimum atomic E-state index is -1.32. The van der Waals surface area contributed by atoms with Crippen molar-refractivity contribution in [3.05, 3.63) is 39.7 Å². The maximum atomic E-state index is 14.2. The van der Waals surface area contributed by atoms with Crippen LogP contribution in [0.3, 0.4) is 0 Å². The number of aromatic carboxylic acids is 1. The third kappa shape index (κ3) is 9.05. The molecule has 10 nitrogen and oxygen atoms in total. The number of hydrogen-bond acceptors (Lipinski definition) is 8. The molecule has 3 rings (SSSR count). The summed E-state index contributed by atoms with van der Waals surface area (Å²) in [4.78, 5) is 28.8. The molecule has 1 aromatic carbocycles. The molecule has 210 valence electrons. The van der Waals surface area contributed by atoms with Crippen LogP contribution in [0.5, 0.6) is 5.88 Å². The first-order valence-corrected chi connectivity index (χ1v) is 13.8. The number of benzene rings is 1. The number of piperazine rings is 1. The van der Waals surface area contributed by atoms with E-state index in [1.165, 1.54) is 12.1 Å². The minimum absolute atomic E-state index is 0.0338. The zero-order valence-electron chi connectivity index (χ0n) is 21.5. The highest BCUT2D eigenvalue weighted by Crippen LogP contribution is 2.31. The number of urea groups is 1. The number of carbonyl (C=O) groups excluding carboxylic acids is 1. The molecule has 1 fully saturated rings. The van der Waals surface area contributed by atoms with Gasteiger partial charge < -0.3 is 25.2 Å². The molecule has 1 aliphatic rings. The van der Waals surface area contributed by atoms with E-state index in [4.69, 9.17) is 21.4 Å².